The Morgan fingerprint density at radius 3 is 2.60 bits per heavy atom. The molecule has 1 saturated heterocycles. The van der Waals surface area contributed by atoms with E-state index in [0.717, 1.165) is 25.2 Å². The van der Waals surface area contributed by atoms with Gasteiger partial charge in [0.05, 0.1) is 6.07 Å². The third-order valence-electron chi connectivity index (χ3n) is 2.92. The van der Waals surface area contributed by atoms with E-state index in [9.17, 15) is 0 Å². The highest BCUT2D eigenvalue weighted by Gasteiger charge is 2.31. The molecule has 2 N–H and O–H groups in total. The second-order valence-corrected chi connectivity index (χ2v) is 4.00. The third-order valence-corrected chi connectivity index (χ3v) is 2.92. The summed E-state index contributed by atoms with van der Waals surface area (Å²) in [5.41, 5.74) is 6.65. The first-order valence-electron chi connectivity index (χ1n) is 5.24. The number of nitrogens with two attached hydrogens (primary N) is 1. The summed E-state index contributed by atoms with van der Waals surface area (Å²) in [6, 6.07) is 12.2. The summed E-state index contributed by atoms with van der Waals surface area (Å²) < 4.78 is 0. The maximum Gasteiger partial charge on any atom is 0.123 e. The van der Waals surface area contributed by atoms with Crippen molar-refractivity contribution < 1.29 is 0 Å². The summed E-state index contributed by atoms with van der Waals surface area (Å²) in [5.74, 6) is 0.574. The predicted molar refractivity (Wildman–Crippen MR) is 58.9 cm³/mol. The molecular formula is C12H15N3. The fraction of sp³-hybridized carbons (Fsp3) is 0.417. The minimum absolute atomic E-state index is 0.103. The van der Waals surface area contributed by atoms with Crippen LogP contribution in [-0.2, 0) is 0 Å². The minimum atomic E-state index is -0.103. The van der Waals surface area contributed by atoms with Crippen LogP contribution in [0.4, 0.5) is 0 Å². The zero-order chi connectivity index (χ0) is 10.7. The largest absolute Gasteiger partial charge is 0.330 e. The molecule has 0 unspecified atom stereocenters. The number of nitriles is 1. The number of hydrogen-bond acceptors (Lipinski definition) is 3. The van der Waals surface area contributed by atoms with E-state index >= 15 is 0 Å². The first-order valence-corrected chi connectivity index (χ1v) is 5.24. The van der Waals surface area contributed by atoms with Crippen molar-refractivity contribution in [3.63, 3.8) is 0 Å². The molecule has 0 aromatic heterocycles. The Bertz CT molecular complexity index is 349. The van der Waals surface area contributed by atoms with Crippen molar-refractivity contribution in [2.75, 3.05) is 19.6 Å². The van der Waals surface area contributed by atoms with Crippen LogP contribution in [0.5, 0.6) is 0 Å². The van der Waals surface area contributed by atoms with E-state index in [2.05, 4.69) is 11.0 Å². The molecule has 2 rings (SSSR count). The van der Waals surface area contributed by atoms with Gasteiger partial charge in [-0.25, -0.2) is 0 Å². The molecule has 3 heteroatoms. The molecule has 1 atom stereocenters. The summed E-state index contributed by atoms with van der Waals surface area (Å²) in [6.07, 6.45) is 0. The highest BCUT2D eigenvalue weighted by molar-refractivity contribution is 5.24. The highest BCUT2D eigenvalue weighted by Crippen LogP contribution is 2.27. The Labute approximate surface area is 90.1 Å². The van der Waals surface area contributed by atoms with Gasteiger partial charge in [-0.15, -0.1) is 0 Å². The Hall–Kier alpha value is -1.37. The molecule has 0 bridgehead atoms. The average molecular weight is 201 g/mol. The molecule has 1 aromatic rings. The Morgan fingerprint density at radius 2 is 2.07 bits per heavy atom. The van der Waals surface area contributed by atoms with Crippen molar-refractivity contribution >= 4 is 0 Å². The fourth-order valence-electron chi connectivity index (χ4n) is 1.97. The van der Waals surface area contributed by atoms with Gasteiger partial charge in [0.1, 0.15) is 6.04 Å². The average Bonchev–Trinajstić information content (AvgIpc) is 2.24. The van der Waals surface area contributed by atoms with Gasteiger partial charge in [0, 0.05) is 13.1 Å². The second kappa shape index (κ2) is 4.43. The molecule has 0 aliphatic carbocycles. The summed E-state index contributed by atoms with van der Waals surface area (Å²) in [4.78, 5) is 2.17. The molecule has 1 aliphatic heterocycles. The number of likely N-dealkylation sites (tertiary alicyclic amines) is 1. The van der Waals surface area contributed by atoms with Crippen molar-refractivity contribution in [1.82, 2.24) is 4.90 Å². The lowest BCUT2D eigenvalue weighted by atomic mass is 9.95. The van der Waals surface area contributed by atoms with E-state index in [-0.39, 0.29) is 6.04 Å². The molecule has 1 fully saturated rings. The normalized spacial score (nSPS) is 19.2. The SMILES string of the molecule is N#C[C@H](c1ccccc1)N1CC(CN)C1. The highest BCUT2D eigenvalue weighted by atomic mass is 15.2. The van der Waals surface area contributed by atoms with E-state index in [4.69, 9.17) is 11.0 Å². The van der Waals surface area contributed by atoms with Gasteiger partial charge in [-0.1, -0.05) is 30.3 Å². The standard InChI is InChI=1S/C12H15N3/c13-6-10-8-15(9-10)12(7-14)11-4-2-1-3-5-11/h1-5,10,12H,6,8-9,13H2/t12-/m1/s1. The fourth-order valence-corrected chi connectivity index (χ4v) is 1.97. The Kier molecular flexibility index (Phi) is 3.00. The minimum Gasteiger partial charge on any atom is -0.330 e. The lowest BCUT2D eigenvalue weighted by molar-refractivity contribution is 0.0799. The van der Waals surface area contributed by atoms with Gasteiger partial charge in [-0.05, 0) is 18.0 Å². The van der Waals surface area contributed by atoms with E-state index in [1.54, 1.807) is 0 Å². The lowest BCUT2D eigenvalue weighted by Crippen LogP contribution is -2.50. The van der Waals surface area contributed by atoms with E-state index in [0.29, 0.717) is 5.92 Å². The van der Waals surface area contributed by atoms with Crippen molar-refractivity contribution in [2.45, 2.75) is 6.04 Å². The van der Waals surface area contributed by atoms with Crippen LogP contribution in [-0.4, -0.2) is 24.5 Å². The quantitative estimate of drug-likeness (QED) is 0.798. The first-order chi connectivity index (χ1) is 7.35. The summed E-state index contributed by atoms with van der Waals surface area (Å²) in [5, 5.41) is 9.15. The van der Waals surface area contributed by atoms with E-state index < -0.39 is 0 Å². The Morgan fingerprint density at radius 1 is 1.40 bits per heavy atom. The van der Waals surface area contributed by atoms with Crippen LogP contribution in [0.1, 0.15) is 11.6 Å². The molecule has 1 aromatic carbocycles. The predicted octanol–water partition coefficient (Wildman–Crippen LogP) is 1.14. The van der Waals surface area contributed by atoms with Crippen molar-refractivity contribution in [3.05, 3.63) is 35.9 Å². The number of hydrogen-bond donors (Lipinski definition) is 1. The summed E-state index contributed by atoms with van der Waals surface area (Å²) >= 11 is 0. The monoisotopic (exact) mass is 201 g/mol. The smallest absolute Gasteiger partial charge is 0.123 e. The molecule has 78 valence electrons. The van der Waals surface area contributed by atoms with Crippen LogP contribution in [0, 0.1) is 17.2 Å². The summed E-state index contributed by atoms with van der Waals surface area (Å²) in [6.45, 7) is 2.62. The molecule has 0 amide bonds. The Balaban J connectivity index is 2.04. The van der Waals surface area contributed by atoms with E-state index in [1.807, 2.05) is 30.3 Å². The van der Waals surface area contributed by atoms with E-state index in [1.165, 1.54) is 0 Å². The van der Waals surface area contributed by atoms with Crippen LogP contribution < -0.4 is 5.73 Å². The number of rotatable bonds is 3. The molecule has 1 aliphatic rings. The summed E-state index contributed by atoms with van der Waals surface area (Å²) in [7, 11) is 0. The van der Waals surface area contributed by atoms with Crippen molar-refractivity contribution in [1.29, 1.82) is 5.26 Å². The molecular weight excluding hydrogens is 186 g/mol. The lowest BCUT2D eigenvalue weighted by Gasteiger charge is -2.41. The van der Waals surface area contributed by atoms with Crippen LogP contribution in [0.15, 0.2) is 30.3 Å². The van der Waals surface area contributed by atoms with Gasteiger partial charge in [0.15, 0.2) is 0 Å². The van der Waals surface area contributed by atoms with Gasteiger partial charge in [-0.3, -0.25) is 4.90 Å². The molecule has 0 saturated carbocycles. The van der Waals surface area contributed by atoms with Gasteiger partial charge in [0.25, 0.3) is 0 Å². The van der Waals surface area contributed by atoms with Gasteiger partial charge in [0.2, 0.25) is 0 Å². The van der Waals surface area contributed by atoms with Crippen molar-refractivity contribution in [3.8, 4) is 6.07 Å². The molecule has 0 spiro atoms. The maximum absolute atomic E-state index is 9.15. The topological polar surface area (TPSA) is 53.0 Å². The first kappa shape index (κ1) is 10.2. The van der Waals surface area contributed by atoms with Gasteiger partial charge in [-0.2, -0.15) is 5.26 Å². The number of nitrogens with zero attached hydrogens (tertiary/aromatic N) is 2. The zero-order valence-electron chi connectivity index (χ0n) is 8.63. The molecule has 15 heavy (non-hydrogen) atoms. The molecule has 3 nitrogen and oxygen atoms in total. The van der Waals surface area contributed by atoms with Crippen LogP contribution in [0.25, 0.3) is 0 Å². The third kappa shape index (κ3) is 2.01. The van der Waals surface area contributed by atoms with Crippen LogP contribution in [0.2, 0.25) is 0 Å². The number of benzene rings is 1. The maximum atomic E-state index is 9.15. The van der Waals surface area contributed by atoms with Gasteiger partial charge >= 0.3 is 0 Å². The molecule has 1 heterocycles. The van der Waals surface area contributed by atoms with Crippen LogP contribution >= 0.6 is 0 Å². The zero-order valence-corrected chi connectivity index (χ0v) is 8.63. The van der Waals surface area contributed by atoms with Crippen LogP contribution in [0.3, 0.4) is 0 Å². The van der Waals surface area contributed by atoms with Crippen molar-refractivity contribution in [2.24, 2.45) is 11.7 Å². The second-order valence-electron chi connectivity index (χ2n) is 4.00. The molecule has 0 radical (unpaired) electrons. The van der Waals surface area contributed by atoms with Gasteiger partial charge < -0.3 is 5.73 Å².